The Morgan fingerprint density at radius 2 is 1.90 bits per heavy atom. The first kappa shape index (κ1) is 19.0. The van der Waals surface area contributed by atoms with E-state index in [-0.39, 0.29) is 12.1 Å². The second-order valence-corrected chi connectivity index (χ2v) is 7.80. The van der Waals surface area contributed by atoms with Gasteiger partial charge in [0.05, 0.1) is 6.10 Å². The van der Waals surface area contributed by atoms with Crippen LogP contribution in [0.1, 0.15) is 86.0 Å². The van der Waals surface area contributed by atoms with Crippen LogP contribution < -0.4 is 5.73 Å². The molecule has 1 fully saturated rings. The molecule has 0 heterocycles. The second kappa shape index (κ2) is 9.15. The van der Waals surface area contributed by atoms with E-state index in [0.717, 1.165) is 31.3 Å². The Morgan fingerprint density at radius 3 is 2.48 bits per heavy atom. The van der Waals surface area contributed by atoms with Crippen molar-refractivity contribution in [3.63, 3.8) is 0 Å². The van der Waals surface area contributed by atoms with Gasteiger partial charge in [-0.3, -0.25) is 0 Å². The lowest BCUT2D eigenvalue weighted by atomic mass is 9.68. The maximum atomic E-state index is 6.33. The van der Waals surface area contributed by atoms with E-state index >= 15 is 0 Å². The summed E-state index contributed by atoms with van der Waals surface area (Å²) >= 11 is 0. The Balaban J connectivity index is 2.48. The van der Waals surface area contributed by atoms with E-state index < -0.39 is 0 Å². The van der Waals surface area contributed by atoms with E-state index in [1.165, 1.54) is 38.5 Å². The molecular formula is C19H39NO. The van der Waals surface area contributed by atoms with Gasteiger partial charge in [0.15, 0.2) is 0 Å². The summed E-state index contributed by atoms with van der Waals surface area (Å²) < 4.78 is 6.29. The lowest BCUT2D eigenvalue weighted by molar-refractivity contribution is -0.0371. The van der Waals surface area contributed by atoms with Gasteiger partial charge in [-0.25, -0.2) is 0 Å². The third kappa shape index (κ3) is 5.90. The van der Waals surface area contributed by atoms with Crippen molar-refractivity contribution in [2.75, 3.05) is 6.61 Å². The highest BCUT2D eigenvalue weighted by Gasteiger charge is 2.36. The third-order valence-corrected chi connectivity index (χ3v) is 5.95. The fourth-order valence-electron chi connectivity index (χ4n) is 3.50. The highest BCUT2D eigenvalue weighted by atomic mass is 16.5. The highest BCUT2D eigenvalue weighted by Crippen LogP contribution is 2.41. The van der Waals surface area contributed by atoms with Crippen molar-refractivity contribution in [2.24, 2.45) is 23.0 Å². The van der Waals surface area contributed by atoms with Crippen LogP contribution in [0.5, 0.6) is 0 Å². The molecule has 4 atom stereocenters. The molecule has 2 heteroatoms. The van der Waals surface area contributed by atoms with Crippen LogP contribution in [-0.4, -0.2) is 18.8 Å². The van der Waals surface area contributed by atoms with Gasteiger partial charge < -0.3 is 10.5 Å². The number of hydrogen-bond donors (Lipinski definition) is 1. The summed E-state index contributed by atoms with van der Waals surface area (Å²) in [7, 11) is 0. The first-order chi connectivity index (χ1) is 9.94. The molecule has 0 aliphatic heterocycles. The van der Waals surface area contributed by atoms with Crippen molar-refractivity contribution < 1.29 is 4.74 Å². The molecule has 0 spiro atoms. The van der Waals surface area contributed by atoms with Gasteiger partial charge in [0.1, 0.15) is 0 Å². The first-order valence-corrected chi connectivity index (χ1v) is 9.31. The number of rotatable bonds is 9. The minimum absolute atomic E-state index is 0.248. The minimum atomic E-state index is 0.248. The highest BCUT2D eigenvalue weighted by molar-refractivity contribution is 4.89. The van der Waals surface area contributed by atoms with Crippen molar-refractivity contribution >= 4 is 0 Å². The quantitative estimate of drug-likeness (QED) is 0.638. The second-order valence-electron chi connectivity index (χ2n) is 7.80. The van der Waals surface area contributed by atoms with E-state index in [9.17, 15) is 0 Å². The van der Waals surface area contributed by atoms with Gasteiger partial charge in [-0.1, -0.05) is 60.3 Å². The Hall–Kier alpha value is -0.0800. The van der Waals surface area contributed by atoms with Crippen molar-refractivity contribution in [1.82, 2.24) is 0 Å². The van der Waals surface area contributed by atoms with Crippen molar-refractivity contribution in [3.8, 4) is 0 Å². The predicted octanol–water partition coefficient (Wildman–Crippen LogP) is 5.15. The average molecular weight is 298 g/mol. The first-order valence-electron chi connectivity index (χ1n) is 9.31. The van der Waals surface area contributed by atoms with E-state index in [0.29, 0.717) is 5.41 Å². The zero-order valence-electron chi connectivity index (χ0n) is 15.2. The van der Waals surface area contributed by atoms with Crippen LogP contribution >= 0.6 is 0 Å². The molecule has 2 nitrogen and oxygen atoms in total. The summed E-state index contributed by atoms with van der Waals surface area (Å²) in [6, 6.07) is 0.248. The molecule has 1 rings (SSSR count). The van der Waals surface area contributed by atoms with Gasteiger partial charge in [0, 0.05) is 12.6 Å². The molecule has 21 heavy (non-hydrogen) atoms. The van der Waals surface area contributed by atoms with Gasteiger partial charge in [0.25, 0.3) is 0 Å². The standard InChI is InChI=1S/C19H39NO/c1-6-9-10-15(7-2)14-21-18-13-16(11-12-17(18)20)19(4,5)8-3/h15-18H,6-14,20H2,1-5H3. The van der Waals surface area contributed by atoms with Gasteiger partial charge in [-0.05, 0) is 42.9 Å². The zero-order chi connectivity index (χ0) is 15.9. The van der Waals surface area contributed by atoms with Crippen LogP contribution in [0.4, 0.5) is 0 Å². The number of unbranched alkanes of at least 4 members (excludes halogenated alkanes) is 1. The van der Waals surface area contributed by atoms with Crippen LogP contribution in [-0.2, 0) is 4.74 Å². The molecule has 1 saturated carbocycles. The van der Waals surface area contributed by atoms with Gasteiger partial charge >= 0.3 is 0 Å². The molecule has 1 aliphatic carbocycles. The molecule has 0 aromatic rings. The third-order valence-electron chi connectivity index (χ3n) is 5.95. The Kier molecular flexibility index (Phi) is 8.26. The largest absolute Gasteiger partial charge is 0.376 e. The molecule has 1 aliphatic rings. The van der Waals surface area contributed by atoms with Crippen LogP contribution in [0.3, 0.4) is 0 Å². The van der Waals surface area contributed by atoms with Gasteiger partial charge in [-0.2, -0.15) is 0 Å². The molecular weight excluding hydrogens is 258 g/mol. The molecule has 126 valence electrons. The number of ether oxygens (including phenoxy) is 1. The fourth-order valence-corrected chi connectivity index (χ4v) is 3.50. The molecule has 0 radical (unpaired) electrons. The SMILES string of the molecule is CCCCC(CC)COC1CC(C(C)(C)CC)CCC1N. The Labute approximate surface area is 133 Å². The van der Waals surface area contributed by atoms with E-state index in [1.54, 1.807) is 0 Å². The van der Waals surface area contributed by atoms with Crippen LogP contribution in [0.15, 0.2) is 0 Å². The molecule has 0 bridgehead atoms. The molecule has 4 unspecified atom stereocenters. The summed E-state index contributed by atoms with van der Waals surface area (Å²) in [5.74, 6) is 1.49. The van der Waals surface area contributed by atoms with Gasteiger partial charge in [-0.15, -0.1) is 0 Å². The van der Waals surface area contributed by atoms with E-state index in [4.69, 9.17) is 10.5 Å². The average Bonchev–Trinajstić information content (AvgIpc) is 2.48. The van der Waals surface area contributed by atoms with E-state index in [1.807, 2.05) is 0 Å². The lowest BCUT2D eigenvalue weighted by Gasteiger charge is -2.42. The summed E-state index contributed by atoms with van der Waals surface area (Å²) in [6.45, 7) is 12.6. The van der Waals surface area contributed by atoms with Crippen molar-refractivity contribution in [3.05, 3.63) is 0 Å². The van der Waals surface area contributed by atoms with Gasteiger partial charge in [0.2, 0.25) is 0 Å². The van der Waals surface area contributed by atoms with Crippen LogP contribution in [0, 0.1) is 17.3 Å². The van der Waals surface area contributed by atoms with E-state index in [2.05, 4.69) is 34.6 Å². The summed E-state index contributed by atoms with van der Waals surface area (Å²) in [5.41, 5.74) is 6.75. The topological polar surface area (TPSA) is 35.2 Å². The maximum Gasteiger partial charge on any atom is 0.0728 e. The minimum Gasteiger partial charge on any atom is -0.376 e. The molecule has 0 aromatic carbocycles. The number of nitrogens with two attached hydrogens (primary N) is 1. The smallest absolute Gasteiger partial charge is 0.0728 e. The fraction of sp³-hybridized carbons (Fsp3) is 1.00. The Bertz CT molecular complexity index is 277. The van der Waals surface area contributed by atoms with Crippen LogP contribution in [0.2, 0.25) is 0 Å². The summed E-state index contributed by atoms with van der Waals surface area (Å²) in [5, 5.41) is 0. The normalized spacial score (nSPS) is 28.6. The van der Waals surface area contributed by atoms with Crippen molar-refractivity contribution in [1.29, 1.82) is 0 Å². The molecule has 0 aromatic heterocycles. The summed E-state index contributed by atoms with van der Waals surface area (Å²) in [4.78, 5) is 0. The Morgan fingerprint density at radius 1 is 1.19 bits per heavy atom. The lowest BCUT2D eigenvalue weighted by Crippen LogP contribution is -2.45. The summed E-state index contributed by atoms with van der Waals surface area (Å²) in [6.07, 6.45) is 10.2. The number of hydrogen-bond acceptors (Lipinski definition) is 2. The zero-order valence-corrected chi connectivity index (χ0v) is 15.2. The maximum absolute atomic E-state index is 6.33. The molecule has 2 N–H and O–H groups in total. The van der Waals surface area contributed by atoms with Crippen LogP contribution in [0.25, 0.3) is 0 Å². The molecule has 0 amide bonds. The molecule has 0 saturated heterocycles. The predicted molar refractivity (Wildman–Crippen MR) is 92.4 cm³/mol. The monoisotopic (exact) mass is 297 g/mol. The van der Waals surface area contributed by atoms with Crippen molar-refractivity contribution in [2.45, 2.75) is 98.1 Å².